The van der Waals surface area contributed by atoms with Gasteiger partial charge in [0.25, 0.3) is 5.91 Å². The molecule has 1 unspecified atom stereocenters. The van der Waals surface area contributed by atoms with Crippen LogP contribution in [0, 0.1) is 5.92 Å². The third-order valence-corrected chi connectivity index (χ3v) is 6.44. The van der Waals surface area contributed by atoms with Gasteiger partial charge in [-0.05, 0) is 37.3 Å². The van der Waals surface area contributed by atoms with Crippen LogP contribution < -0.4 is 0 Å². The Labute approximate surface area is 161 Å². The van der Waals surface area contributed by atoms with E-state index in [1.165, 1.54) is 38.6 Å². The van der Waals surface area contributed by atoms with Crippen molar-refractivity contribution in [3.63, 3.8) is 0 Å². The number of nitrogens with zero attached hydrogens (tertiary/aromatic N) is 2. The molecule has 2 fully saturated rings. The van der Waals surface area contributed by atoms with Crippen LogP contribution in [0.1, 0.15) is 54.9 Å². The number of hydrogen-bond acceptors (Lipinski definition) is 4. The van der Waals surface area contributed by atoms with Crippen LogP contribution in [0.15, 0.2) is 24.3 Å². The SMILES string of the molecule is CC1(C(=O)N2CCN(CC3CCCCC3)CC2)Cc2ccccc2C(=O)O1. The highest BCUT2D eigenvalue weighted by molar-refractivity contribution is 5.97. The maximum absolute atomic E-state index is 13.2. The van der Waals surface area contributed by atoms with Crippen LogP contribution in [0.25, 0.3) is 0 Å². The zero-order chi connectivity index (χ0) is 18.9. The number of esters is 1. The van der Waals surface area contributed by atoms with Crippen LogP contribution in [0.5, 0.6) is 0 Å². The molecule has 1 atom stereocenters. The second-order valence-corrected chi connectivity index (χ2v) is 8.55. The molecule has 3 aliphatic rings. The van der Waals surface area contributed by atoms with Crippen molar-refractivity contribution < 1.29 is 14.3 Å². The van der Waals surface area contributed by atoms with Gasteiger partial charge < -0.3 is 9.64 Å². The van der Waals surface area contributed by atoms with Crippen molar-refractivity contribution in [1.82, 2.24) is 9.80 Å². The van der Waals surface area contributed by atoms with E-state index in [9.17, 15) is 9.59 Å². The predicted molar refractivity (Wildman–Crippen MR) is 104 cm³/mol. The minimum Gasteiger partial charge on any atom is -0.445 e. The molecule has 1 saturated heterocycles. The van der Waals surface area contributed by atoms with E-state index in [1.54, 1.807) is 13.0 Å². The van der Waals surface area contributed by atoms with Crippen LogP contribution in [-0.4, -0.2) is 60.0 Å². The Morgan fingerprint density at radius 2 is 1.81 bits per heavy atom. The first-order valence-corrected chi connectivity index (χ1v) is 10.4. The molecular weight excluding hydrogens is 340 g/mol. The van der Waals surface area contributed by atoms with E-state index in [0.717, 1.165) is 37.7 Å². The summed E-state index contributed by atoms with van der Waals surface area (Å²) in [6, 6.07) is 7.43. The monoisotopic (exact) mass is 370 g/mol. The summed E-state index contributed by atoms with van der Waals surface area (Å²) in [6.45, 7) is 6.21. The van der Waals surface area contributed by atoms with Gasteiger partial charge in [0, 0.05) is 39.1 Å². The first kappa shape index (κ1) is 18.5. The average molecular weight is 370 g/mol. The fraction of sp³-hybridized carbons (Fsp3) is 0.636. The predicted octanol–water partition coefficient (Wildman–Crippen LogP) is 2.88. The molecule has 1 aromatic carbocycles. The van der Waals surface area contributed by atoms with Crippen LogP contribution in [0.2, 0.25) is 0 Å². The molecule has 1 aliphatic carbocycles. The number of fused-ring (bicyclic) bond motifs is 1. The van der Waals surface area contributed by atoms with Gasteiger partial charge in [-0.2, -0.15) is 0 Å². The third kappa shape index (κ3) is 3.88. The van der Waals surface area contributed by atoms with Crippen molar-refractivity contribution in [2.75, 3.05) is 32.7 Å². The van der Waals surface area contributed by atoms with Crippen LogP contribution in [0.4, 0.5) is 0 Å². The summed E-state index contributed by atoms with van der Waals surface area (Å²) in [4.78, 5) is 29.9. The van der Waals surface area contributed by atoms with Gasteiger partial charge in [0.15, 0.2) is 5.60 Å². The van der Waals surface area contributed by atoms with Gasteiger partial charge in [0.05, 0.1) is 5.56 Å². The Hall–Kier alpha value is -1.88. The highest BCUT2D eigenvalue weighted by Crippen LogP contribution is 2.30. The van der Waals surface area contributed by atoms with E-state index in [1.807, 2.05) is 23.1 Å². The smallest absolute Gasteiger partial charge is 0.339 e. The number of carbonyl (C=O) groups excluding carboxylic acids is 2. The Kier molecular flexibility index (Phi) is 5.22. The molecule has 146 valence electrons. The number of amides is 1. The third-order valence-electron chi connectivity index (χ3n) is 6.44. The van der Waals surface area contributed by atoms with E-state index < -0.39 is 5.60 Å². The van der Waals surface area contributed by atoms with Crippen molar-refractivity contribution in [1.29, 1.82) is 0 Å². The van der Waals surface area contributed by atoms with Crippen LogP contribution >= 0.6 is 0 Å². The summed E-state index contributed by atoms with van der Waals surface area (Å²) >= 11 is 0. The van der Waals surface area contributed by atoms with Crippen molar-refractivity contribution in [2.24, 2.45) is 5.92 Å². The number of ether oxygens (including phenoxy) is 1. The van der Waals surface area contributed by atoms with E-state index in [2.05, 4.69) is 4.90 Å². The quantitative estimate of drug-likeness (QED) is 0.768. The molecule has 0 spiro atoms. The largest absolute Gasteiger partial charge is 0.445 e. The lowest BCUT2D eigenvalue weighted by Gasteiger charge is -2.41. The van der Waals surface area contributed by atoms with Crippen molar-refractivity contribution in [3.8, 4) is 0 Å². The van der Waals surface area contributed by atoms with Gasteiger partial charge in [-0.3, -0.25) is 9.69 Å². The normalized spacial score (nSPS) is 27.1. The molecule has 0 N–H and O–H groups in total. The summed E-state index contributed by atoms with van der Waals surface area (Å²) in [5.74, 6) is 0.389. The lowest BCUT2D eigenvalue weighted by molar-refractivity contribution is -0.153. The average Bonchev–Trinajstić information content (AvgIpc) is 2.69. The maximum atomic E-state index is 13.2. The number of carbonyl (C=O) groups is 2. The molecule has 0 bridgehead atoms. The Balaban J connectivity index is 1.36. The topological polar surface area (TPSA) is 49.9 Å². The molecule has 1 amide bonds. The highest BCUT2D eigenvalue weighted by Gasteiger charge is 2.45. The lowest BCUT2D eigenvalue weighted by atomic mass is 9.88. The van der Waals surface area contributed by atoms with Crippen LogP contribution in [-0.2, 0) is 16.0 Å². The zero-order valence-corrected chi connectivity index (χ0v) is 16.3. The van der Waals surface area contributed by atoms with E-state index in [0.29, 0.717) is 12.0 Å². The Morgan fingerprint density at radius 1 is 1.11 bits per heavy atom. The van der Waals surface area contributed by atoms with Crippen molar-refractivity contribution >= 4 is 11.9 Å². The minimum absolute atomic E-state index is 0.0531. The molecule has 2 aliphatic heterocycles. The molecule has 27 heavy (non-hydrogen) atoms. The van der Waals surface area contributed by atoms with Gasteiger partial charge in [-0.25, -0.2) is 4.79 Å². The zero-order valence-electron chi connectivity index (χ0n) is 16.3. The fourth-order valence-electron chi connectivity index (χ4n) is 4.85. The first-order valence-electron chi connectivity index (χ1n) is 10.4. The Bertz CT molecular complexity index is 705. The number of benzene rings is 1. The molecule has 4 rings (SSSR count). The maximum Gasteiger partial charge on any atom is 0.339 e. The van der Waals surface area contributed by atoms with Crippen molar-refractivity contribution in [3.05, 3.63) is 35.4 Å². The summed E-state index contributed by atoms with van der Waals surface area (Å²) in [5, 5.41) is 0. The molecule has 2 heterocycles. The summed E-state index contributed by atoms with van der Waals surface area (Å²) in [5.41, 5.74) is 0.400. The second kappa shape index (κ2) is 7.63. The van der Waals surface area contributed by atoms with Gasteiger partial charge in [0.1, 0.15) is 0 Å². The summed E-state index contributed by atoms with van der Waals surface area (Å²) < 4.78 is 5.62. The highest BCUT2D eigenvalue weighted by atomic mass is 16.6. The van der Waals surface area contributed by atoms with E-state index >= 15 is 0 Å². The standard InChI is InChI=1S/C22H30N2O3/c1-22(15-18-9-5-6-10-19(18)20(25)27-22)21(26)24-13-11-23(12-14-24)16-17-7-3-2-4-8-17/h5-6,9-10,17H,2-4,7-8,11-16H2,1H3. The molecule has 0 aromatic heterocycles. The lowest BCUT2D eigenvalue weighted by Crippen LogP contribution is -2.58. The first-order chi connectivity index (χ1) is 13.0. The molecule has 1 aromatic rings. The van der Waals surface area contributed by atoms with E-state index in [-0.39, 0.29) is 11.9 Å². The Morgan fingerprint density at radius 3 is 2.56 bits per heavy atom. The molecular formula is C22H30N2O3. The summed E-state index contributed by atoms with van der Waals surface area (Å²) in [7, 11) is 0. The number of hydrogen-bond donors (Lipinski definition) is 0. The fourth-order valence-corrected chi connectivity index (χ4v) is 4.85. The molecule has 5 nitrogen and oxygen atoms in total. The van der Waals surface area contributed by atoms with Gasteiger partial charge >= 0.3 is 5.97 Å². The number of piperazine rings is 1. The van der Waals surface area contributed by atoms with Gasteiger partial charge in [-0.1, -0.05) is 37.5 Å². The van der Waals surface area contributed by atoms with Gasteiger partial charge in [-0.15, -0.1) is 0 Å². The second-order valence-electron chi connectivity index (χ2n) is 8.55. The molecule has 0 radical (unpaired) electrons. The van der Waals surface area contributed by atoms with Crippen molar-refractivity contribution in [2.45, 2.75) is 51.0 Å². The summed E-state index contributed by atoms with van der Waals surface area (Å²) in [6.07, 6.45) is 7.29. The minimum atomic E-state index is -1.09. The molecule has 5 heteroatoms. The number of rotatable bonds is 3. The number of cyclic esters (lactones) is 1. The molecule has 1 saturated carbocycles. The van der Waals surface area contributed by atoms with Gasteiger partial charge in [0.2, 0.25) is 0 Å². The van der Waals surface area contributed by atoms with Crippen LogP contribution in [0.3, 0.4) is 0 Å². The van der Waals surface area contributed by atoms with E-state index in [4.69, 9.17) is 4.74 Å².